The summed E-state index contributed by atoms with van der Waals surface area (Å²) in [5, 5.41) is 21.3. The van der Waals surface area contributed by atoms with Gasteiger partial charge in [0.25, 0.3) is 0 Å². The van der Waals surface area contributed by atoms with E-state index in [-0.39, 0.29) is 0 Å². The fourth-order valence-electron chi connectivity index (χ4n) is 6.69. The first-order valence-electron chi connectivity index (χ1n) is 14.5. The van der Waals surface area contributed by atoms with Crippen LogP contribution in [0.4, 0.5) is 0 Å². The molecule has 0 saturated carbocycles. The van der Waals surface area contributed by atoms with Gasteiger partial charge in [0.2, 0.25) is 0 Å². The van der Waals surface area contributed by atoms with Crippen molar-refractivity contribution in [1.82, 2.24) is 0 Å². The van der Waals surface area contributed by atoms with Crippen LogP contribution in [0.25, 0.3) is 87.3 Å². The van der Waals surface area contributed by atoms with Gasteiger partial charge in [-0.15, -0.1) is 0 Å². The molecule has 9 rings (SSSR count). The van der Waals surface area contributed by atoms with Crippen LogP contribution in [0, 0.1) is 11.3 Å². The number of nitriles is 1. The van der Waals surface area contributed by atoms with Gasteiger partial charge >= 0.3 is 0 Å². The van der Waals surface area contributed by atoms with E-state index in [0.717, 1.165) is 33.1 Å². The highest BCUT2D eigenvalue weighted by atomic mass is 16.3. The molecular formula is C41H23NO. The predicted octanol–water partition coefficient (Wildman–Crippen LogP) is 11.4. The first-order chi connectivity index (χ1) is 21.2. The second kappa shape index (κ2) is 9.05. The third kappa shape index (κ3) is 3.66. The topological polar surface area (TPSA) is 36.9 Å². The first kappa shape index (κ1) is 23.8. The third-order valence-corrected chi connectivity index (χ3v) is 8.85. The standard InChI is InChI=1S/C41H23NO/c42-24-25-9-11-26(12-10-25)27-13-14-29-20-30(16-15-28(29)19-27)31-17-18-34-36(21-31)32-5-1-2-6-33(32)37-22-39-35-7-3-4-8-40(35)43-41(39)23-38(34)37/h1-23H. The Morgan fingerprint density at radius 2 is 0.907 bits per heavy atom. The third-order valence-electron chi connectivity index (χ3n) is 8.85. The number of fused-ring (bicyclic) bond motifs is 10. The van der Waals surface area contributed by atoms with Crippen molar-refractivity contribution in [3.63, 3.8) is 0 Å². The largest absolute Gasteiger partial charge is 0.456 e. The van der Waals surface area contributed by atoms with E-state index in [1.165, 1.54) is 54.2 Å². The SMILES string of the molecule is N#Cc1ccc(-c2ccc3cc(-c4ccc5c(c4)c4ccccc4c4cc6c(cc54)oc4ccccc46)ccc3c2)cc1. The highest BCUT2D eigenvalue weighted by molar-refractivity contribution is 6.28. The van der Waals surface area contributed by atoms with Gasteiger partial charge in [0.15, 0.2) is 0 Å². The maximum Gasteiger partial charge on any atom is 0.136 e. The minimum Gasteiger partial charge on any atom is -0.456 e. The van der Waals surface area contributed by atoms with Crippen LogP contribution < -0.4 is 0 Å². The fourth-order valence-corrected chi connectivity index (χ4v) is 6.69. The molecule has 2 nitrogen and oxygen atoms in total. The normalized spacial score (nSPS) is 11.7. The van der Waals surface area contributed by atoms with Gasteiger partial charge in [0.05, 0.1) is 11.6 Å². The molecule has 0 unspecified atom stereocenters. The lowest BCUT2D eigenvalue weighted by atomic mass is 9.91. The molecular weight excluding hydrogens is 522 g/mol. The second-order valence-corrected chi connectivity index (χ2v) is 11.3. The molecule has 0 fully saturated rings. The summed E-state index contributed by atoms with van der Waals surface area (Å²) < 4.78 is 6.29. The minimum absolute atomic E-state index is 0.674. The lowest BCUT2D eigenvalue weighted by Crippen LogP contribution is -1.86. The zero-order chi connectivity index (χ0) is 28.5. The Labute approximate surface area is 247 Å². The summed E-state index contributed by atoms with van der Waals surface area (Å²) in [6.07, 6.45) is 0. The molecule has 1 heterocycles. The molecule has 0 atom stereocenters. The smallest absolute Gasteiger partial charge is 0.136 e. The Kier molecular flexibility index (Phi) is 5.00. The van der Waals surface area contributed by atoms with Crippen LogP contribution in [0.2, 0.25) is 0 Å². The summed E-state index contributed by atoms with van der Waals surface area (Å²) in [5.41, 5.74) is 7.16. The van der Waals surface area contributed by atoms with E-state index in [1.807, 2.05) is 36.4 Å². The lowest BCUT2D eigenvalue weighted by Gasteiger charge is -2.13. The average molecular weight is 546 g/mol. The Hall–Kier alpha value is -5.91. The van der Waals surface area contributed by atoms with Crippen LogP contribution in [0.5, 0.6) is 0 Å². The second-order valence-electron chi connectivity index (χ2n) is 11.3. The number of hydrogen-bond donors (Lipinski definition) is 0. The predicted molar refractivity (Wildman–Crippen MR) is 179 cm³/mol. The number of rotatable bonds is 2. The van der Waals surface area contributed by atoms with Gasteiger partial charge in [-0.3, -0.25) is 0 Å². The van der Waals surface area contributed by atoms with Crippen LogP contribution in [-0.2, 0) is 0 Å². The van der Waals surface area contributed by atoms with Gasteiger partial charge < -0.3 is 4.42 Å². The van der Waals surface area contributed by atoms with Gasteiger partial charge in [0.1, 0.15) is 11.2 Å². The highest BCUT2D eigenvalue weighted by Gasteiger charge is 2.14. The summed E-state index contributed by atoms with van der Waals surface area (Å²) >= 11 is 0. The van der Waals surface area contributed by atoms with Gasteiger partial charge in [-0.1, -0.05) is 91.0 Å². The molecule has 2 heteroatoms. The fraction of sp³-hybridized carbons (Fsp3) is 0. The van der Waals surface area contributed by atoms with Crippen molar-refractivity contribution in [2.75, 3.05) is 0 Å². The van der Waals surface area contributed by atoms with Crippen molar-refractivity contribution in [1.29, 1.82) is 5.26 Å². The van der Waals surface area contributed by atoms with Gasteiger partial charge in [-0.05, 0) is 114 Å². The number of benzene rings is 8. The van der Waals surface area contributed by atoms with Gasteiger partial charge in [0, 0.05) is 10.8 Å². The summed E-state index contributed by atoms with van der Waals surface area (Å²) in [4.78, 5) is 0. The molecule has 0 N–H and O–H groups in total. The molecule has 43 heavy (non-hydrogen) atoms. The van der Waals surface area contributed by atoms with Gasteiger partial charge in [-0.25, -0.2) is 0 Å². The number of para-hydroxylation sites is 1. The summed E-state index contributed by atoms with van der Waals surface area (Å²) in [7, 11) is 0. The van der Waals surface area contributed by atoms with Crippen molar-refractivity contribution >= 4 is 65.0 Å². The van der Waals surface area contributed by atoms with Crippen molar-refractivity contribution in [3.05, 3.63) is 145 Å². The zero-order valence-electron chi connectivity index (χ0n) is 23.1. The number of hydrogen-bond acceptors (Lipinski definition) is 2. The van der Waals surface area contributed by atoms with E-state index in [2.05, 4.69) is 109 Å². The molecule has 198 valence electrons. The van der Waals surface area contributed by atoms with Crippen molar-refractivity contribution in [3.8, 4) is 28.3 Å². The van der Waals surface area contributed by atoms with Crippen molar-refractivity contribution in [2.45, 2.75) is 0 Å². The summed E-state index contributed by atoms with van der Waals surface area (Å²) in [6.45, 7) is 0. The van der Waals surface area contributed by atoms with E-state index in [0.29, 0.717) is 5.56 Å². The van der Waals surface area contributed by atoms with Gasteiger partial charge in [-0.2, -0.15) is 5.26 Å². The van der Waals surface area contributed by atoms with E-state index < -0.39 is 0 Å². The minimum atomic E-state index is 0.674. The molecule has 0 aliphatic heterocycles. The van der Waals surface area contributed by atoms with Crippen LogP contribution in [0.15, 0.2) is 144 Å². The molecule has 0 amide bonds. The molecule has 0 spiro atoms. The quantitative estimate of drug-likeness (QED) is 0.203. The number of furan rings is 1. The molecule has 1 aromatic heterocycles. The summed E-state index contributed by atoms with van der Waals surface area (Å²) in [6, 6.07) is 51.6. The van der Waals surface area contributed by atoms with E-state index >= 15 is 0 Å². The molecule has 0 saturated heterocycles. The molecule has 0 aliphatic rings. The number of nitrogens with zero attached hydrogens (tertiary/aromatic N) is 1. The Bertz CT molecular complexity index is 2620. The molecule has 9 aromatic rings. The maximum atomic E-state index is 9.13. The van der Waals surface area contributed by atoms with Crippen LogP contribution >= 0.6 is 0 Å². The van der Waals surface area contributed by atoms with E-state index in [9.17, 15) is 0 Å². The average Bonchev–Trinajstić information content (AvgIpc) is 3.44. The molecule has 0 radical (unpaired) electrons. The molecule has 8 aromatic carbocycles. The lowest BCUT2D eigenvalue weighted by molar-refractivity contribution is 0.669. The molecule has 0 bridgehead atoms. The van der Waals surface area contributed by atoms with Crippen LogP contribution in [0.1, 0.15) is 5.56 Å². The zero-order valence-corrected chi connectivity index (χ0v) is 23.1. The first-order valence-corrected chi connectivity index (χ1v) is 14.5. The van der Waals surface area contributed by atoms with E-state index in [4.69, 9.17) is 9.68 Å². The maximum absolute atomic E-state index is 9.13. The molecule has 0 aliphatic carbocycles. The summed E-state index contributed by atoms with van der Waals surface area (Å²) in [5.74, 6) is 0. The van der Waals surface area contributed by atoms with Crippen LogP contribution in [0.3, 0.4) is 0 Å². The Morgan fingerprint density at radius 3 is 1.63 bits per heavy atom. The monoisotopic (exact) mass is 545 g/mol. The Balaban J connectivity index is 1.21. The Morgan fingerprint density at radius 1 is 0.372 bits per heavy atom. The van der Waals surface area contributed by atoms with E-state index in [1.54, 1.807) is 0 Å². The highest BCUT2D eigenvalue weighted by Crippen LogP contribution is 2.41. The van der Waals surface area contributed by atoms with Crippen molar-refractivity contribution in [2.24, 2.45) is 0 Å². The van der Waals surface area contributed by atoms with Crippen LogP contribution in [-0.4, -0.2) is 0 Å². The van der Waals surface area contributed by atoms with Crippen molar-refractivity contribution < 1.29 is 4.42 Å².